The van der Waals surface area contributed by atoms with Crippen molar-refractivity contribution in [3.05, 3.63) is 29.8 Å². The molecular formula is C18H25F2N3O3S. The molecule has 0 spiro atoms. The van der Waals surface area contributed by atoms with E-state index >= 15 is 0 Å². The van der Waals surface area contributed by atoms with E-state index in [0.717, 1.165) is 37.8 Å². The number of halogens is 2. The van der Waals surface area contributed by atoms with Crippen LogP contribution in [0, 0.1) is 11.6 Å². The van der Waals surface area contributed by atoms with E-state index in [1.807, 2.05) is 11.8 Å². The van der Waals surface area contributed by atoms with Gasteiger partial charge in [-0.05, 0) is 31.9 Å². The molecule has 1 aliphatic heterocycles. The summed E-state index contributed by atoms with van der Waals surface area (Å²) in [5.41, 5.74) is 0. The van der Waals surface area contributed by atoms with Crippen LogP contribution in [0.25, 0.3) is 0 Å². The average Bonchev–Trinajstić information content (AvgIpc) is 3.14. The van der Waals surface area contributed by atoms with E-state index in [4.69, 9.17) is 0 Å². The normalized spacial score (nSPS) is 21.3. The quantitative estimate of drug-likeness (QED) is 0.816. The Balaban J connectivity index is 1.59. The molecule has 1 heterocycles. The Morgan fingerprint density at radius 2 is 1.78 bits per heavy atom. The van der Waals surface area contributed by atoms with Crippen molar-refractivity contribution in [3.8, 4) is 0 Å². The highest BCUT2D eigenvalue weighted by Crippen LogP contribution is 2.22. The lowest BCUT2D eigenvalue weighted by Crippen LogP contribution is -2.55. The van der Waals surface area contributed by atoms with Crippen molar-refractivity contribution >= 4 is 15.9 Å². The van der Waals surface area contributed by atoms with Crippen LogP contribution in [0.1, 0.15) is 32.6 Å². The fourth-order valence-corrected chi connectivity index (χ4v) is 5.18. The topological polar surface area (TPSA) is 69.7 Å². The Morgan fingerprint density at radius 1 is 1.15 bits per heavy atom. The van der Waals surface area contributed by atoms with Gasteiger partial charge in [-0.15, -0.1) is 0 Å². The first kappa shape index (κ1) is 20.2. The molecule has 2 fully saturated rings. The molecule has 0 aromatic heterocycles. The molecule has 1 N–H and O–H groups in total. The van der Waals surface area contributed by atoms with Crippen molar-refractivity contribution in [2.75, 3.05) is 26.2 Å². The van der Waals surface area contributed by atoms with Crippen molar-refractivity contribution in [2.45, 2.75) is 49.6 Å². The van der Waals surface area contributed by atoms with Gasteiger partial charge in [0, 0.05) is 38.3 Å². The molecule has 1 saturated carbocycles. The summed E-state index contributed by atoms with van der Waals surface area (Å²) in [5.74, 6) is -1.96. The molecule has 1 atom stereocenters. The van der Waals surface area contributed by atoms with Gasteiger partial charge in [0.15, 0.2) is 0 Å². The first-order valence-electron chi connectivity index (χ1n) is 9.28. The van der Waals surface area contributed by atoms with Gasteiger partial charge < -0.3 is 5.32 Å². The van der Waals surface area contributed by atoms with Crippen LogP contribution in [-0.4, -0.2) is 61.8 Å². The summed E-state index contributed by atoms with van der Waals surface area (Å²) < 4.78 is 53.4. The lowest BCUT2D eigenvalue weighted by atomic mass is 10.2. The molecule has 1 aromatic carbocycles. The van der Waals surface area contributed by atoms with Crippen molar-refractivity contribution in [3.63, 3.8) is 0 Å². The van der Waals surface area contributed by atoms with Crippen molar-refractivity contribution in [1.29, 1.82) is 0 Å². The minimum atomic E-state index is -4.03. The van der Waals surface area contributed by atoms with Gasteiger partial charge in [0.1, 0.15) is 16.5 Å². The van der Waals surface area contributed by atoms with Gasteiger partial charge >= 0.3 is 0 Å². The molecule has 1 amide bonds. The number of nitrogens with zero attached hydrogens (tertiary/aromatic N) is 2. The predicted octanol–water partition coefficient (Wildman–Crippen LogP) is 1.72. The Bertz CT molecular complexity index is 789. The number of benzene rings is 1. The molecular weight excluding hydrogens is 376 g/mol. The van der Waals surface area contributed by atoms with Gasteiger partial charge in [-0.2, -0.15) is 4.31 Å². The number of sulfonamides is 1. The maximum absolute atomic E-state index is 13.9. The van der Waals surface area contributed by atoms with Crippen LogP contribution in [0.5, 0.6) is 0 Å². The Morgan fingerprint density at radius 3 is 2.37 bits per heavy atom. The van der Waals surface area contributed by atoms with E-state index in [-0.39, 0.29) is 31.1 Å². The van der Waals surface area contributed by atoms with Crippen LogP contribution in [0.2, 0.25) is 0 Å². The summed E-state index contributed by atoms with van der Waals surface area (Å²) >= 11 is 0. The minimum Gasteiger partial charge on any atom is -0.352 e. The Hall–Kier alpha value is -1.58. The minimum absolute atomic E-state index is 0.0391. The van der Waals surface area contributed by atoms with E-state index in [2.05, 4.69) is 5.32 Å². The average molecular weight is 401 g/mol. The zero-order valence-corrected chi connectivity index (χ0v) is 16.1. The first-order valence-corrected chi connectivity index (χ1v) is 10.7. The lowest BCUT2D eigenvalue weighted by Gasteiger charge is -2.37. The zero-order valence-electron chi connectivity index (χ0n) is 15.3. The molecule has 3 rings (SSSR count). The van der Waals surface area contributed by atoms with Crippen LogP contribution in [0.3, 0.4) is 0 Å². The van der Waals surface area contributed by atoms with E-state index < -0.39 is 26.6 Å². The van der Waals surface area contributed by atoms with E-state index in [0.29, 0.717) is 19.2 Å². The lowest BCUT2D eigenvalue weighted by molar-refractivity contribution is -0.127. The molecule has 150 valence electrons. The summed E-state index contributed by atoms with van der Waals surface area (Å²) in [6.07, 6.45) is 4.28. The van der Waals surface area contributed by atoms with E-state index in [1.165, 1.54) is 4.31 Å². The number of hydrogen-bond donors (Lipinski definition) is 1. The standard InChI is InChI=1S/C18H25F2N3O3S/c1-13(18(24)21-15-4-2-3-5-15)22-8-10-23(11-9-22)27(25,26)17-7-6-14(19)12-16(17)20/h6-7,12-13,15H,2-5,8-11H2,1H3,(H,21,24)/t13-/m0/s1. The van der Waals surface area contributed by atoms with Crippen molar-refractivity contribution in [1.82, 2.24) is 14.5 Å². The molecule has 0 bridgehead atoms. The molecule has 9 heteroatoms. The van der Waals surface area contributed by atoms with Gasteiger partial charge in [0.25, 0.3) is 0 Å². The number of carbonyl (C=O) groups is 1. The van der Waals surface area contributed by atoms with Crippen molar-refractivity contribution in [2.24, 2.45) is 0 Å². The zero-order chi connectivity index (χ0) is 19.6. The maximum Gasteiger partial charge on any atom is 0.246 e. The molecule has 6 nitrogen and oxygen atoms in total. The largest absolute Gasteiger partial charge is 0.352 e. The van der Waals surface area contributed by atoms with Gasteiger partial charge in [-0.3, -0.25) is 9.69 Å². The highest BCUT2D eigenvalue weighted by atomic mass is 32.2. The third-order valence-corrected chi connectivity index (χ3v) is 7.35. The SMILES string of the molecule is C[C@@H](C(=O)NC1CCCC1)N1CCN(S(=O)(=O)c2ccc(F)cc2F)CC1. The molecule has 1 aliphatic carbocycles. The van der Waals surface area contributed by atoms with Crippen LogP contribution in [0.4, 0.5) is 8.78 Å². The summed E-state index contributed by atoms with van der Waals surface area (Å²) in [5, 5.41) is 3.06. The monoisotopic (exact) mass is 401 g/mol. The van der Waals surface area contributed by atoms with E-state index in [1.54, 1.807) is 0 Å². The highest BCUT2D eigenvalue weighted by molar-refractivity contribution is 7.89. The number of carbonyl (C=O) groups excluding carboxylic acids is 1. The number of amides is 1. The predicted molar refractivity (Wildman–Crippen MR) is 96.6 cm³/mol. The summed E-state index contributed by atoms with van der Waals surface area (Å²) in [6.45, 7) is 2.87. The second-order valence-corrected chi connectivity index (χ2v) is 9.09. The Labute approximate surface area is 158 Å². The fourth-order valence-electron chi connectivity index (χ4n) is 3.71. The van der Waals surface area contributed by atoms with E-state index in [9.17, 15) is 22.0 Å². The smallest absolute Gasteiger partial charge is 0.246 e. The van der Waals surface area contributed by atoms with Gasteiger partial charge in [0.2, 0.25) is 15.9 Å². The summed E-state index contributed by atoms with van der Waals surface area (Å²) in [6, 6.07) is 2.34. The maximum atomic E-state index is 13.9. The summed E-state index contributed by atoms with van der Waals surface area (Å²) in [4.78, 5) is 13.8. The number of hydrogen-bond acceptors (Lipinski definition) is 4. The number of nitrogens with one attached hydrogen (secondary N) is 1. The molecule has 1 aromatic rings. The summed E-state index contributed by atoms with van der Waals surface area (Å²) in [7, 11) is -4.03. The number of rotatable bonds is 5. The fraction of sp³-hybridized carbons (Fsp3) is 0.611. The molecule has 1 saturated heterocycles. The highest BCUT2D eigenvalue weighted by Gasteiger charge is 2.33. The molecule has 27 heavy (non-hydrogen) atoms. The van der Waals surface area contributed by atoms with Gasteiger partial charge in [0.05, 0.1) is 6.04 Å². The van der Waals surface area contributed by atoms with Gasteiger partial charge in [-0.25, -0.2) is 17.2 Å². The number of piperazine rings is 1. The molecule has 0 radical (unpaired) electrons. The first-order chi connectivity index (χ1) is 12.8. The second kappa shape index (κ2) is 8.20. The van der Waals surface area contributed by atoms with Crippen LogP contribution in [0.15, 0.2) is 23.1 Å². The van der Waals surface area contributed by atoms with Crippen LogP contribution < -0.4 is 5.32 Å². The van der Waals surface area contributed by atoms with Crippen LogP contribution in [-0.2, 0) is 14.8 Å². The van der Waals surface area contributed by atoms with Crippen LogP contribution >= 0.6 is 0 Å². The van der Waals surface area contributed by atoms with Crippen molar-refractivity contribution < 1.29 is 22.0 Å². The Kier molecular flexibility index (Phi) is 6.12. The van der Waals surface area contributed by atoms with Gasteiger partial charge in [-0.1, -0.05) is 12.8 Å². The molecule has 0 unspecified atom stereocenters. The molecule has 2 aliphatic rings. The third kappa shape index (κ3) is 4.47. The third-order valence-electron chi connectivity index (χ3n) is 5.41. The second-order valence-electron chi connectivity index (χ2n) is 7.18.